The lowest BCUT2D eigenvalue weighted by Crippen LogP contribution is -2.49. The Kier molecular flexibility index (Phi) is 8.14. The van der Waals surface area contributed by atoms with Crippen molar-refractivity contribution >= 4 is 23.9 Å². The van der Waals surface area contributed by atoms with Crippen LogP contribution in [0.2, 0.25) is 0 Å². The summed E-state index contributed by atoms with van der Waals surface area (Å²) in [6, 6.07) is 0. The maximum absolute atomic E-state index is 11.3. The first kappa shape index (κ1) is 19.9. The highest BCUT2D eigenvalue weighted by atomic mass is 16.6. The fourth-order valence-corrected chi connectivity index (χ4v) is 1.90. The van der Waals surface area contributed by atoms with Crippen molar-refractivity contribution in [1.29, 1.82) is 0 Å². The zero-order chi connectivity index (χ0) is 17.4. The number of carbonyl (C=O) groups excluding carboxylic acids is 4. The molecular weight excluding hydrogens is 296 g/mol. The van der Waals surface area contributed by atoms with Gasteiger partial charge in [0.2, 0.25) is 0 Å². The molecule has 0 aliphatic carbocycles. The van der Waals surface area contributed by atoms with Gasteiger partial charge >= 0.3 is 23.9 Å². The molecule has 0 amide bonds. The van der Waals surface area contributed by atoms with Gasteiger partial charge in [-0.05, 0) is 13.8 Å². The lowest BCUT2D eigenvalue weighted by atomic mass is 10.0. The van der Waals surface area contributed by atoms with Crippen molar-refractivity contribution < 1.29 is 38.1 Å². The number of hydrogen-bond acceptors (Lipinski definition) is 8. The number of carbonyl (C=O) groups is 4. The summed E-state index contributed by atoms with van der Waals surface area (Å²) in [6.45, 7) is 7.66. The van der Waals surface area contributed by atoms with Crippen LogP contribution < -0.4 is 0 Å². The highest BCUT2D eigenvalue weighted by Gasteiger charge is 2.39. The fourth-order valence-electron chi connectivity index (χ4n) is 1.90. The molecule has 0 aliphatic rings. The molecule has 126 valence electrons. The van der Waals surface area contributed by atoms with Gasteiger partial charge in [-0.1, -0.05) is 0 Å². The van der Waals surface area contributed by atoms with E-state index in [1.165, 1.54) is 27.7 Å². The van der Waals surface area contributed by atoms with Crippen LogP contribution in [0.25, 0.3) is 0 Å². The first-order valence-corrected chi connectivity index (χ1v) is 6.73. The van der Waals surface area contributed by atoms with Crippen molar-refractivity contribution in [2.24, 2.45) is 0 Å². The van der Waals surface area contributed by atoms with Crippen LogP contribution in [0, 0.1) is 0 Å². The van der Waals surface area contributed by atoms with Gasteiger partial charge in [-0.25, -0.2) is 0 Å². The summed E-state index contributed by atoms with van der Waals surface area (Å²) in [4.78, 5) is 44.7. The van der Waals surface area contributed by atoms with E-state index >= 15 is 0 Å². The van der Waals surface area contributed by atoms with Crippen molar-refractivity contribution in [3.63, 3.8) is 0 Å². The minimum Gasteiger partial charge on any atom is -0.459 e. The quantitative estimate of drug-likeness (QED) is 0.500. The maximum atomic E-state index is 11.3. The van der Waals surface area contributed by atoms with Gasteiger partial charge in [0.25, 0.3) is 0 Å². The summed E-state index contributed by atoms with van der Waals surface area (Å²) in [7, 11) is 0. The lowest BCUT2D eigenvalue weighted by Gasteiger charge is -2.33. The second-order valence-electron chi connectivity index (χ2n) is 4.78. The molecule has 8 nitrogen and oxygen atoms in total. The predicted molar refractivity (Wildman–Crippen MR) is 73.6 cm³/mol. The normalized spacial score (nSPS) is 15.7. The monoisotopic (exact) mass is 318 g/mol. The van der Waals surface area contributed by atoms with Crippen molar-refractivity contribution in [1.82, 2.24) is 0 Å². The lowest BCUT2D eigenvalue weighted by molar-refractivity contribution is -0.195. The van der Waals surface area contributed by atoms with E-state index in [1.807, 2.05) is 0 Å². The molecule has 4 atom stereocenters. The summed E-state index contributed by atoms with van der Waals surface area (Å²) in [5.74, 6) is -2.50. The molecule has 0 radical (unpaired) electrons. The van der Waals surface area contributed by atoms with Crippen LogP contribution in [-0.4, -0.2) is 48.3 Å². The minimum atomic E-state index is -1.11. The summed E-state index contributed by atoms with van der Waals surface area (Å²) < 4.78 is 20.2. The first-order chi connectivity index (χ1) is 10.0. The van der Waals surface area contributed by atoms with Gasteiger partial charge < -0.3 is 18.9 Å². The van der Waals surface area contributed by atoms with Gasteiger partial charge in [-0.2, -0.15) is 0 Å². The van der Waals surface area contributed by atoms with Gasteiger partial charge in [0.15, 0.2) is 12.2 Å². The van der Waals surface area contributed by atoms with E-state index in [1.54, 1.807) is 0 Å². The SMILES string of the molecule is CC(=O)O[C@H]([C@H](OC(C)=O)[C@@H](C)OC(C)=O)[C@@H](C)OC(C)=O. The molecule has 22 heavy (non-hydrogen) atoms. The topological polar surface area (TPSA) is 105 Å². The van der Waals surface area contributed by atoms with Crippen molar-refractivity contribution in [3.8, 4) is 0 Å². The highest BCUT2D eigenvalue weighted by Crippen LogP contribution is 2.18. The molecule has 0 aromatic heterocycles. The Balaban J connectivity index is 5.39. The number of ether oxygens (including phenoxy) is 4. The van der Waals surface area contributed by atoms with E-state index in [-0.39, 0.29) is 0 Å². The maximum Gasteiger partial charge on any atom is 0.303 e. The zero-order valence-electron chi connectivity index (χ0n) is 13.6. The van der Waals surface area contributed by atoms with E-state index in [0.29, 0.717) is 0 Å². The second-order valence-corrected chi connectivity index (χ2v) is 4.78. The number of hydrogen-bond donors (Lipinski definition) is 0. The first-order valence-electron chi connectivity index (χ1n) is 6.73. The third-order valence-corrected chi connectivity index (χ3v) is 2.56. The molecule has 0 spiro atoms. The van der Waals surface area contributed by atoms with E-state index in [4.69, 9.17) is 18.9 Å². The molecule has 8 heteroatoms. The van der Waals surface area contributed by atoms with Crippen molar-refractivity contribution in [2.75, 3.05) is 0 Å². The van der Waals surface area contributed by atoms with E-state index in [9.17, 15) is 19.2 Å². The Hall–Kier alpha value is -2.12. The van der Waals surface area contributed by atoms with Crippen LogP contribution in [0.5, 0.6) is 0 Å². The van der Waals surface area contributed by atoms with Gasteiger partial charge in [-0.3, -0.25) is 19.2 Å². The minimum absolute atomic E-state index is 0.591. The molecule has 0 fully saturated rings. The van der Waals surface area contributed by atoms with Crippen LogP contribution in [0.1, 0.15) is 41.5 Å². The Morgan fingerprint density at radius 2 is 0.773 bits per heavy atom. The Labute approximate surface area is 129 Å². The summed E-state index contributed by atoms with van der Waals surface area (Å²) in [5.41, 5.74) is 0. The highest BCUT2D eigenvalue weighted by molar-refractivity contribution is 5.68. The smallest absolute Gasteiger partial charge is 0.303 e. The van der Waals surface area contributed by atoms with Gasteiger partial charge in [0.05, 0.1) is 0 Å². The number of rotatable bonds is 7. The molecule has 0 heterocycles. The average molecular weight is 318 g/mol. The van der Waals surface area contributed by atoms with E-state index in [2.05, 4.69) is 0 Å². The third kappa shape index (κ3) is 7.61. The predicted octanol–water partition coefficient (Wildman–Crippen LogP) is 0.753. The van der Waals surface area contributed by atoms with Gasteiger partial charge in [0, 0.05) is 27.7 Å². The van der Waals surface area contributed by atoms with Gasteiger partial charge in [-0.15, -0.1) is 0 Å². The molecule has 0 aliphatic heterocycles. The largest absolute Gasteiger partial charge is 0.459 e. The Morgan fingerprint density at radius 1 is 0.545 bits per heavy atom. The Bertz CT molecular complexity index is 391. The molecule has 0 saturated heterocycles. The van der Waals surface area contributed by atoms with Crippen LogP contribution in [0.4, 0.5) is 0 Å². The molecule has 0 saturated carbocycles. The van der Waals surface area contributed by atoms with Crippen LogP contribution in [-0.2, 0) is 38.1 Å². The Morgan fingerprint density at radius 3 is 0.955 bits per heavy atom. The zero-order valence-corrected chi connectivity index (χ0v) is 13.6. The molecule has 0 unspecified atom stereocenters. The average Bonchev–Trinajstić information content (AvgIpc) is 2.30. The molecule has 0 aromatic carbocycles. The van der Waals surface area contributed by atoms with Crippen molar-refractivity contribution in [3.05, 3.63) is 0 Å². The molecular formula is C14H22O8. The molecule has 0 aromatic rings. The van der Waals surface area contributed by atoms with Crippen LogP contribution >= 0.6 is 0 Å². The third-order valence-electron chi connectivity index (χ3n) is 2.56. The molecule has 0 N–H and O–H groups in total. The summed E-state index contributed by atoms with van der Waals surface area (Å²) >= 11 is 0. The standard InChI is InChI=1S/C14H22O8/c1-7(19-9(3)15)13(21-11(5)17)14(22-12(6)18)8(2)20-10(4)16/h7-8,13-14H,1-6H3/t7-,8-,13-,14+/m1/s1. The van der Waals surface area contributed by atoms with Crippen molar-refractivity contribution in [2.45, 2.75) is 66.0 Å². The fraction of sp³-hybridized carbons (Fsp3) is 0.714. The summed E-state index contributed by atoms with van der Waals surface area (Å²) in [5, 5.41) is 0. The van der Waals surface area contributed by atoms with E-state index in [0.717, 1.165) is 13.8 Å². The second kappa shape index (κ2) is 9.01. The van der Waals surface area contributed by atoms with Crippen LogP contribution in [0.15, 0.2) is 0 Å². The van der Waals surface area contributed by atoms with E-state index < -0.39 is 48.3 Å². The number of esters is 4. The molecule has 0 rings (SSSR count). The van der Waals surface area contributed by atoms with Crippen LogP contribution in [0.3, 0.4) is 0 Å². The molecule has 0 bridgehead atoms. The summed E-state index contributed by atoms with van der Waals surface area (Å²) in [6.07, 6.45) is -4.02. The van der Waals surface area contributed by atoms with Gasteiger partial charge in [0.1, 0.15) is 12.2 Å².